The van der Waals surface area contributed by atoms with Crippen molar-refractivity contribution in [3.8, 4) is 0 Å². The second-order valence-electron chi connectivity index (χ2n) is 3.27. The van der Waals surface area contributed by atoms with E-state index < -0.39 is 30.7 Å². The van der Waals surface area contributed by atoms with Crippen LogP contribution in [0.25, 0.3) is 0 Å². The molecule has 1 rings (SSSR count). The highest BCUT2D eigenvalue weighted by molar-refractivity contribution is 5.70. The molecule has 0 saturated carbocycles. The summed E-state index contributed by atoms with van der Waals surface area (Å²) in [4.78, 5) is 10.9. The Morgan fingerprint density at radius 3 is 2.67 bits per heavy atom. The maximum Gasteiger partial charge on any atom is 0.419 e. The summed E-state index contributed by atoms with van der Waals surface area (Å²) in [7, 11) is 1.04. The quantitative estimate of drug-likeness (QED) is 0.697. The minimum absolute atomic E-state index is 0.0729. The van der Waals surface area contributed by atoms with Crippen molar-refractivity contribution in [2.45, 2.75) is 18.2 Å². The van der Waals surface area contributed by atoms with Gasteiger partial charge in [0.1, 0.15) is 0 Å². The molecule has 1 aliphatic rings. The summed E-state index contributed by atoms with van der Waals surface area (Å²) >= 11 is 0. The van der Waals surface area contributed by atoms with Crippen LogP contribution in [-0.4, -0.2) is 44.6 Å². The van der Waals surface area contributed by atoms with E-state index in [-0.39, 0.29) is 6.61 Å². The van der Waals surface area contributed by atoms with Crippen molar-refractivity contribution in [3.05, 3.63) is 0 Å². The van der Waals surface area contributed by atoms with Gasteiger partial charge in [-0.05, 0) is 0 Å². The molecule has 1 N–H and O–H groups in total. The summed E-state index contributed by atoms with van der Waals surface area (Å²) in [6, 6.07) is 0. The molecule has 15 heavy (non-hydrogen) atoms. The molecule has 0 aromatic carbocycles. The van der Waals surface area contributed by atoms with Gasteiger partial charge in [-0.3, -0.25) is 4.79 Å². The normalized spacial score (nSPS) is 27.5. The first kappa shape index (κ1) is 12.3. The lowest BCUT2D eigenvalue weighted by Gasteiger charge is -2.38. The molecule has 0 bridgehead atoms. The summed E-state index contributed by atoms with van der Waals surface area (Å²) in [5, 5.41) is 2.56. The minimum atomic E-state index is -4.59. The van der Waals surface area contributed by atoms with Crippen LogP contribution in [0.5, 0.6) is 0 Å². The fourth-order valence-corrected chi connectivity index (χ4v) is 1.36. The van der Waals surface area contributed by atoms with Crippen molar-refractivity contribution in [1.29, 1.82) is 0 Å². The van der Waals surface area contributed by atoms with Gasteiger partial charge >= 0.3 is 12.1 Å². The first-order valence-corrected chi connectivity index (χ1v) is 4.39. The summed E-state index contributed by atoms with van der Waals surface area (Å²) in [5.41, 5.74) is -2.45. The Balaban J connectivity index is 2.80. The van der Waals surface area contributed by atoms with Gasteiger partial charge in [0, 0.05) is 13.1 Å². The van der Waals surface area contributed by atoms with Gasteiger partial charge in [-0.15, -0.1) is 0 Å². The van der Waals surface area contributed by atoms with Gasteiger partial charge in [0.15, 0.2) is 5.60 Å². The van der Waals surface area contributed by atoms with Crippen LogP contribution in [0.15, 0.2) is 0 Å². The van der Waals surface area contributed by atoms with E-state index in [9.17, 15) is 18.0 Å². The van der Waals surface area contributed by atoms with Crippen molar-refractivity contribution < 1.29 is 27.4 Å². The molecular weight excluding hydrogens is 215 g/mol. The zero-order valence-corrected chi connectivity index (χ0v) is 8.19. The Morgan fingerprint density at radius 1 is 1.60 bits per heavy atom. The molecule has 0 radical (unpaired) electrons. The third kappa shape index (κ3) is 2.60. The van der Waals surface area contributed by atoms with E-state index in [4.69, 9.17) is 4.74 Å². The molecular formula is C8H12F3NO3. The van der Waals surface area contributed by atoms with Crippen molar-refractivity contribution in [3.63, 3.8) is 0 Å². The Kier molecular flexibility index (Phi) is 3.56. The molecule has 1 atom stereocenters. The number of methoxy groups -OCH3 is 1. The average molecular weight is 227 g/mol. The third-order valence-corrected chi connectivity index (χ3v) is 2.24. The molecule has 1 heterocycles. The van der Waals surface area contributed by atoms with E-state index in [0.29, 0.717) is 6.54 Å². The Labute approximate surface area is 84.7 Å². The number of carbonyl (C=O) groups excluding carboxylic acids is 1. The highest BCUT2D eigenvalue weighted by Gasteiger charge is 2.58. The number of rotatable bonds is 2. The predicted molar refractivity (Wildman–Crippen MR) is 44.2 cm³/mol. The van der Waals surface area contributed by atoms with Crippen LogP contribution in [0.1, 0.15) is 6.42 Å². The molecule has 7 heteroatoms. The first-order valence-electron chi connectivity index (χ1n) is 4.39. The average Bonchev–Trinajstić information content (AvgIpc) is 2.17. The largest absolute Gasteiger partial charge is 0.469 e. The number of esters is 1. The molecule has 88 valence electrons. The molecule has 0 spiro atoms. The monoisotopic (exact) mass is 227 g/mol. The zero-order valence-electron chi connectivity index (χ0n) is 8.19. The van der Waals surface area contributed by atoms with E-state index >= 15 is 0 Å². The van der Waals surface area contributed by atoms with Crippen LogP contribution in [0.4, 0.5) is 13.2 Å². The number of hydrogen-bond acceptors (Lipinski definition) is 4. The number of hydrogen-bond donors (Lipinski definition) is 1. The van der Waals surface area contributed by atoms with Gasteiger partial charge in [0.05, 0.1) is 20.1 Å². The summed E-state index contributed by atoms with van der Waals surface area (Å²) in [6.07, 6.45) is -5.41. The van der Waals surface area contributed by atoms with Crippen molar-refractivity contribution in [1.82, 2.24) is 5.32 Å². The van der Waals surface area contributed by atoms with E-state index in [1.54, 1.807) is 0 Å². The smallest absolute Gasteiger partial charge is 0.419 e. The van der Waals surface area contributed by atoms with Crippen molar-refractivity contribution in [2.24, 2.45) is 0 Å². The zero-order chi connectivity index (χ0) is 11.5. The van der Waals surface area contributed by atoms with Crippen LogP contribution in [0.3, 0.4) is 0 Å². The van der Waals surface area contributed by atoms with Gasteiger partial charge in [0.25, 0.3) is 0 Å². The van der Waals surface area contributed by atoms with Crippen LogP contribution < -0.4 is 5.32 Å². The lowest BCUT2D eigenvalue weighted by molar-refractivity contribution is -0.285. The molecule has 1 saturated heterocycles. The molecule has 0 aromatic rings. The standard InChI is InChI=1S/C8H12F3NO3/c1-14-6(13)4-7(8(9,10)11)5-12-2-3-15-7/h12H,2-5H2,1H3/t7-/m1/s1. The Hall–Kier alpha value is -0.820. The molecule has 0 aliphatic carbocycles. The number of halogens is 3. The van der Waals surface area contributed by atoms with E-state index in [1.165, 1.54) is 0 Å². The maximum atomic E-state index is 12.7. The molecule has 1 aliphatic heterocycles. The topological polar surface area (TPSA) is 47.6 Å². The van der Waals surface area contributed by atoms with Gasteiger partial charge < -0.3 is 14.8 Å². The molecule has 0 aromatic heterocycles. The maximum absolute atomic E-state index is 12.7. The fourth-order valence-electron chi connectivity index (χ4n) is 1.36. The molecule has 4 nitrogen and oxygen atoms in total. The van der Waals surface area contributed by atoms with Crippen LogP contribution in [-0.2, 0) is 14.3 Å². The summed E-state index contributed by atoms with van der Waals surface area (Å²) in [6.45, 7) is -0.152. The second kappa shape index (κ2) is 4.36. The van der Waals surface area contributed by atoms with E-state index in [1.807, 2.05) is 0 Å². The highest BCUT2D eigenvalue weighted by Crippen LogP contribution is 2.37. The predicted octanol–water partition coefficient (Wildman–Crippen LogP) is 0.470. The number of morpholine rings is 1. The third-order valence-electron chi connectivity index (χ3n) is 2.24. The van der Waals surface area contributed by atoms with E-state index in [0.717, 1.165) is 7.11 Å². The Bertz CT molecular complexity index is 236. The van der Waals surface area contributed by atoms with Gasteiger partial charge in [-0.1, -0.05) is 0 Å². The van der Waals surface area contributed by atoms with Crippen LogP contribution in [0.2, 0.25) is 0 Å². The van der Waals surface area contributed by atoms with Crippen LogP contribution >= 0.6 is 0 Å². The SMILES string of the molecule is COC(=O)C[C@]1(C(F)(F)F)CNCCO1. The lowest BCUT2D eigenvalue weighted by atomic mass is 9.97. The van der Waals surface area contributed by atoms with E-state index in [2.05, 4.69) is 10.1 Å². The second-order valence-corrected chi connectivity index (χ2v) is 3.27. The van der Waals surface area contributed by atoms with Gasteiger partial charge in [-0.25, -0.2) is 0 Å². The first-order chi connectivity index (χ1) is 6.91. The number of carbonyl (C=O) groups is 1. The number of alkyl halides is 3. The van der Waals surface area contributed by atoms with Gasteiger partial charge in [0.2, 0.25) is 0 Å². The minimum Gasteiger partial charge on any atom is -0.469 e. The highest BCUT2D eigenvalue weighted by atomic mass is 19.4. The van der Waals surface area contributed by atoms with Crippen LogP contribution in [0, 0.1) is 0 Å². The van der Waals surface area contributed by atoms with Crippen molar-refractivity contribution in [2.75, 3.05) is 26.8 Å². The fraction of sp³-hybridized carbons (Fsp3) is 0.875. The number of nitrogens with one attached hydrogen (secondary N) is 1. The number of ether oxygens (including phenoxy) is 2. The Morgan fingerprint density at radius 2 is 2.27 bits per heavy atom. The molecule has 1 fully saturated rings. The van der Waals surface area contributed by atoms with Gasteiger partial charge in [-0.2, -0.15) is 13.2 Å². The summed E-state index contributed by atoms with van der Waals surface area (Å²) < 4.78 is 47.1. The lowest BCUT2D eigenvalue weighted by Crippen LogP contribution is -2.59. The molecule has 0 amide bonds. The molecule has 0 unspecified atom stereocenters. The summed E-state index contributed by atoms with van der Waals surface area (Å²) in [5.74, 6) is -0.934. The van der Waals surface area contributed by atoms with Crippen molar-refractivity contribution >= 4 is 5.97 Å².